The smallest absolute Gasteiger partial charge is 0.339 e. The summed E-state index contributed by atoms with van der Waals surface area (Å²) < 4.78 is 11.0. The summed E-state index contributed by atoms with van der Waals surface area (Å²) in [6, 6.07) is 12.6. The molecular formula is C19H23N3O3. The monoisotopic (exact) mass is 341 g/mol. The molecule has 0 aliphatic carbocycles. The molecular weight excluding hydrogens is 318 g/mol. The van der Waals surface area contributed by atoms with Crippen LogP contribution < -0.4 is 20.2 Å². The van der Waals surface area contributed by atoms with Gasteiger partial charge in [0, 0.05) is 11.3 Å². The molecule has 0 atom stereocenters. The molecule has 0 unspecified atom stereocenters. The highest BCUT2D eigenvalue weighted by atomic mass is 16.5. The number of hydrogen-bond acceptors (Lipinski definition) is 4. The predicted octanol–water partition coefficient (Wildman–Crippen LogP) is 3.95. The summed E-state index contributed by atoms with van der Waals surface area (Å²) in [6.07, 6.45) is 2.41. The molecule has 2 aromatic carbocycles. The Morgan fingerprint density at radius 3 is 2.72 bits per heavy atom. The number of carbonyl (C=O) groups is 1. The van der Waals surface area contributed by atoms with E-state index in [2.05, 4.69) is 15.8 Å². The maximum Gasteiger partial charge on any atom is 0.339 e. The third-order valence-electron chi connectivity index (χ3n) is 3.44. The molecule has 0 aromatic heterocycles. The van der Waals surface area contributed by atoms with Crippen molar-refractivity contribution in [1.29, 1.82) is 0 Å². The maximum absolute atomic E-state index is 11.9. The highest BCUT2D eigenvalue weighted by Gasteiger charge is 2.09. The van der Waals surface area contributed by atoms with Gasteiger partial charge in [0.15, 0.2) is 11.5 Å². The molecule has 2 amide bonds. The molecule has 6 nitrogen and oxygen atoms in total. The Kier molecular flexibility index (Phi) is 6.83. The topological polar surface area (TPSA) is 72.0 Å². The molecule has 0 aliphatic heterocycles. The second-order valence-electron chi connectivity index (χ2n) is 5.37. The van der Waals surface area contributed by atoms with Crippen molar-refractivity contribution < 1.29 is 14.3 Å². The first-order valence-electron chi connectivity index (χ1n) is 8.11. The van der Waals surface area contributed by atoms with Gasteiger partial charge in [-0.05, 0) is 37.1 Å². The molecule has 0 fully saturated rings. The van der Waals surface area contributed by atoms with E-state index in [1.807, 2.05) is 56.3 Å². The van der Waals surface area contributed by atoms with Crippen molar-refractivity contribution in [2.45, 2.75) is 20.3 Å². The van der Waals surface area contributed by atoms with Crippen molar-refractivity contribution in [3.63, 3.8) is 0 Å². The molecule has 6 heteroatoms. The van der Waals surface area contributed by atoms with Crippen LogP contribution in [0.4, 0.5) is 10.5 Å². The SMILES string of the molecule is CCCOc1c(/C=N\NC(=O)Nc2ccccc2C)cccc1OC. The van der Waals surface area contributed by atoms with Gasteiger partial charge in [-0.3, -0.25) is 0 Å². The van der Waals surface area contributed by atoms with Crippen molar-refractivity contribution >= 4 is 17.9 Å². The number of urea groups is 1. The molecule has 0 spiro atoms. The van der Waals surface area contributed by atoms with Gasteiger partial charge < -0.3 is 14.8 Å². The van der Waals surface area contributed by atoms with Gasteiger partial charge in [-0.15, -0.1) is 0 Å². The van der Waals surface area contributed by atoms with Crippen LogP contribution in [0, 0.1) is 6.92 Å². The van der Waals surface area contributed by atoms with Crippen LogP contribution in [0.3, 0.4) is 0 Å². The summed E-state index contributed by atoms with van der Waals surface area (Å²) in [6.45, 7) is 4.52. The van der Waals surface area contributed by atoms with E-state index in [1.54, 1.807) is 7.11 Å². The normalized spacial score (nSPS) is 10.5. The van der Waals surface area contributed by atoms with Gasteiger partial charge in [-0.2, -0.15) is 5.10 Å². The van der Waals surface area contributed by atoms with Crippen LogP contribution in [-0.4, -0.2) is 26.0 Å². The number of hydrazone groups is 1. The van der Waals surface area contributed by atoms with Crippen molar-refractivity contribution in [3.8, 4) is 11.5 Å². The van der Waals surface area contributed by atoms with E-state index < -0.39 is 6.03 Å². The number of nitrogens with one attached hydrogen (secondary N) is 2. The lowest BCUT2D eigenvalue weighted by atomic mass is 10.2. The summed E-state index contributed by atoms with van der Waals surface area (Å²) in [5.41, 5.74) is 4.89. The van der Waals surface area contributed by atoms with Crippen LogP contribution in [0.15, 0.2) is 47.6 Å². The Morgan fingerprint density at radius 1 is 1.20 bits per heavy atom. The minimum absolute atomic E-state index is 0.413. The zero-order valence-electron chi connectivity index (χ0n) is 14.7. The molecule has 25 heavy (non-hydrogen) atoms. The fourth-order valence-electron chi connectivity index (χ4n) is 2.18. The number of anilines is 1. The molecule has 2 rings (SSSR count). The number of ether oxygens (including phenoxy) is 2. The molecule has 132 valence electrons. The molecule has 2 aromatic rings. The number of benzene rings is 2. The third kappa shape index (κ3) is 5.24. The van der Waals surface area contributed by atoms with E-state index in [0.717, 1.165) is 23.2 Å². The largest absolute Gasteiger partial charge is 0.493 e. The lowest BCUT2D eigenvalue weighted by molar-refractivity contribution is 0.252. The molecule has 0 saturated carbocycles. The van der Waals surface area contributed by atoms with E-state index in [0.29, 0.717) is 18.1 Å². The van der Waals surface area contributed by atoms with E-state index in [1.165, 1.54) is 6.21 Å². The van der Waals surface area contributed by atoms with Crippen LogP contribution in [0.25, 0.3) is 0 Å². The first-order valence-corrected chi connectivity index (χ1v) is 8.11. The molecule has 0 aliphatic rings. The quantitative estimate of drug-likeness (QED) is 0.592. The Balaban J connectivity index is 2.04. The van der Waals surface area contributed by atoms with Gasteiger partial charge in [0.2, 0.25) is 0 Å². The van der Waals surface area contributed by atoms with Crippen LogP contribution in [0.5, 0.6) is 11.5 Å². The van der Waals surface area contributed by atoms with Gasteiger partial charge in [-0.25, -0.2) is 10.2 Å². The van der Waals surface area contributed by atoms with Crippen LogP contribution >= 0.6 is 0 Å². The lowest BCUT2D eigenvalue weighted by Crippen LogP contribution is -2.24. The number of aryl methyl sites for hydroxylation is 1. The Bertz CT molecular complexity index is 744. The Labute approximate surface area is 147 Å². The fourth-order valence-corrected chi connectivity index (χ4v) is 2.18. The highest BCUT2D eigenvalue weighted by molar-refractivity contribution is 5.91. The Hall–Kier alpha value is -3.02. The average Bonchev–Trinajstić information content (AvgIpc) is 2.62. The minimum atomic E-state index is -0.413. The number of nitrogens with zero attached hydrogens (tertiary/aromatic N) is 1. The fraction of sp³-hybridized carbons (Fsp3) is 0.263. The van der Waals surface area contributed by atoms with Gasteiger partial charge >= 0.3 is 6.03 Å². The minimum Gasteiger partial charge on any atom is -0.493 e. The van der Waals surface area contributed by atoms with Crippen molar-refractivity contribution in [2.75, 3.05) is 19.0 Å². The predicted molar refractivity (Wildman–Crippen MR) is 99.7 cm³/mol. The number of carbonyl (C=O) groups excluding carboxylic acids is 1. The molecule has 0 radical (unpaired) electrons. The van der Waals surface area contributed by atoms with Crippen LogP contribution in [-0.2, 0) is 0 Å². The van der Waals surface area contributed by atoms with Gasteiger partial charge in [0.1, 0.15) is 0 Å². The average molecular weight is 341 g/mol. The number of hydrogen-bond donors (Lipinski definition) is 2. The van der Waals surface area contributed by atoms with Gasteiger partial charge in [0.25, 0.3) is 0 Å². The zero-order chi connectivity index (χ0) is 18.1. The van der Waals surface area contributed by atoms with Crippen molar-refractivity contribution in [3.05, 3.63) is 53.6 Å². The van der Waals surface area contributed by atoms with Gasteiger partial charge in [0.05, 0.1) is 19.9 Å². The van der Waals surface area contributed by atoms with Crippen LogP contribution in [0.2, 0.25) is 0 Å². The number of rotatable bonds is 7. The van der Waals surface area contributed by atoms with E-state index in [9.17, 15) is 4.79 Å². The van der Waals surface area contributed by atoms with E-state index in [4.69, 9.17) is 9.47 Å². The second-order valence-corrected chi connectivity index (χ2v) is 5.37. The summed E-state index contributed by atoms with van der Waals surface area (Å²) >= 11 is 0. The number of methoxy groups -OCH3 is 1. The molecule has 0 bridgehead atoms. The second kappa shape index (κ2) is 9.32. The van der Waals surface area contributed by atoms with E-state index >= 15 is 0 Å². The standard InChI is InChI=1S/C19H23N3O3/c1-4-12-25-18-15(9-7-11-17(18)24-3)13-20-22-19(23)21-16-10-6-5-8-14(16)2/h5-11,13H,4,12H2,1-3H3,(H2,21,22,23)/b20-13-. The van der Waals surface area contributed by atoms with E-state index in [-0.39, 0.29) is 0 Å². The first kappa shape index (κ1) is 18.3. The molecule has 0 heterocycles. The van der Waals surface area contributed by atoms with Crippen LogP contribution in [0.1, 0.15) is 24.5 Å². The van der Waals surface area contributed by atoms with Crippen molar-refractivity contribution in [2.24, 2.45) is 5.10 Å². The molecule has 0 saturated heterocycles. The Morgan fingerprint density at radius 2 is 2.00 bits per heavy atom. The first-order chi connectivity index (χ1) is 12.2. The summed E-state index contributed by atoms with van der Waals surface area (Å²) in [5.74, 6) is 1.23. The zero-order valence-corrected chi connectivity index (χ0v) is 14.7. The van der Waals surface area contributed by atoms with Gasteiger partial charge in [-0.1, -0.05) is 31.2 Å². The summed E-state index contributed by atoms with van der Waals surface area (Å²) in [4.78, 5) is 11.9. The lowest BCUT2D eigenvalue weighted by Gasteiger charge is -2.12. The molecule has 2 N–H and O–H groups in total. The third-order valence-corrected chi connectivity index (χ3v) is 3.44. The summed E-state index contributed by atoms with van der Waals surface area (Å²) in [5, 5.41) is 6.74. The highest BCUT2D eigenvalue weighted by Crippen LogP contribution is 2.30. The van der Waals surface area contributed by atoms with Crippen molar-refractivity contribution in [1.82, 2.24) is 5.43 Å². The maximum atomic E-state index is 11.9. The summed E-state index contributed by atoms with van der Waals surface area (Å²) in [7, 11) is 1.59. The number of amides is 2. The number of para-hydroxylation sites is 2.